The molecule has 1 aliphatic rings. The average Bonchev–Trinajstić information content (AvgIpc) is 2.87. The zero-order chi connectivity index (χ0) is 22.2. The summed E-state index contributed by atoms with van der Waals surface area (Å²) in [5.74, 6) is 1.75. The van der Waals surface area contributed by atoms with Crippen LogP contribution in [0.25, 0.3) is 11.4 Å². The van der Waals surface area contributed by atoms with E-state index in [1.54, 1.807) is 6.20 Å². The summed E-state index contributed by atoms with van der Waals surface area (Å²) in [6, 6.07) is 22.3. The third-order valence-corrected chi connectivity index (χ3v) is 5.96. The Morgan fingerprint density at radius 3 is 2.62 bits per heavy atom. The molecule has 32 heavy (non-hydrogen) atoms. The number of piperidine rings is 1. The molecular formula is C26H31N5O. The number of hydrogen-bond acceptors (Lipinski definition) is 5. The van der Waals surface area contributed by atoms with E-state index in [2.05, 4.69) is 39.3 Å². The predicted molar refractivity (Wildman–Crippen MR) is 130 cm³/mol. The molecule has 1 aliphatic heterocycles. The number of carbonyl (C=O) groups is 1. The molecule has 2 heterocycles. The quantitative estimate of drug-likeness (QED) is 0.549. The number of aromatic nitrogens is 2. The average molecular weight is 430 g/mol. The van der Waals surface area contributed by atoms with Crippen molar-refractivity contribution in [2.45, 2.75) is 19.3 Å². The number of rotatable bonds is 8. The maximum absolute atomic E-state index is 12.8. The zero-order valence-electron chi connectivity index (χ0n) is 18.7. The molecule has 0 unspecified atom stereocenters. The Morgan fingerprint density at radius 2 is 1.84 bits per heavy atom. The summed E-state index contributed by atoms with van der Waals surface area (Å²) in [7, 11) is 2.08. The molecule has 1 atom stereocenters. The van der Waals surface area contributed by atoms with Gasteiger partial charge in [0.05, 0.1) is 5.92 Å². The molecule has 0 saturated carbocycles. The summed E-state index contributed by atoms with van der Waals surface area (Å²) in [5.41, 5.74) is 2.20. The molecule has 1 saturated heterocycles. The number of para-hydroxylation sites is 1. The molecule has 4 rings (SSSR count). The summed E-state index contributed by atoms with van der Waals surface area (Å²) < 4.78 is 0. The highest BCUT2D eigenvalue weighted by Gasteiger charge is 2.26. The van der Waals surface area contributed by atoms with Gasteiger partial charge in [0.25, 0.3) is 0 Å². The van der Waals surface area contributed by atoms with Crippen molar-refractivity contribution in [1.29, 1.82) is 0 Å². The lowest BCUT2D eigenvalue weighted by Gasteiger charge is -2.33. The van der Waals surface area contributed by atoms with Gasteiger partial charge < -0.3 is 15.1 Å². The molecule has 1 amide bonds. The minimum Gasteiger partial charge on any atom is -0.375 e. The summed E-state index contributed by atoms with van der Waals surface area (Å²) in [4.78, 5) is 26.4. The van der Waals surface area contributed by atoms with Gasteiger partial charge in [0.15, 0.2) is 5.82 Å². The first-order valence-electron chi connectivity index (χ1n) is 11.4. The maximum atomic E-state index is 12.8. The second-order valence-electron chi connectivity index (χ2n) is 8.29. The van der Waals surface area contributed by atoms with Crippen molar-refractivity contribution in [2.75, 3.05) is 43.0 Å². The third-order valence-electron chi connectivity index (χ3n) is 5.96. The van der Waals surface area contributed by atoms with Crippen LogP contribution in [0.2, 0.25) is 0 Å². The zero-order valence-corrected chi connectivity index (χ0v) is 18.7. The van der Waals surface area contributed by atoms with Crippen molar-refractivity contribution in [1.82, 2.24) is 15.3 Å². The van der Waals surface area contributed by atoms with Gasteiger partial charge in [0.1, 0.15) is 5.82 Å². The number of hydrogen-bond donors (Lipinski definition) is 1. The van der Waals surface area contributed by atoms with Gasteiger partial charge in [-0.25, -0.2) is 9.97 Å². The SMILES string of the molecule is CN(CCCNC(=O)[C@H]1CCCN(c2ccnc(-c3ccccc3)n2)C1)c1ccccc1. The molecular weight excluding hydrogens is 398 g/mol. The van der Waals surface area contributed by atoms with E-state index in [9.17, 15) is 4.79 Å². The van der Waals surface area contributed by atoms with Crippen LogP contribution in [0.3, 0.4) is 0 Å². The fourth-order valence-electron chi connectivity index (χ4n) is 4.13. The van der Waals surface area contributed by atoms with Crippen molar-refractivity contribution >= 4 is 17.4 Å². The van der Waals surface area contributed by atoms with Crippen LogP contribution in [0.15, 0.2) is 72.9 Å². The molecule has 1 aromatic heterocycles. The molecule has 0 bridgehead atoms. The number of nitrogens with zero attached hydrogens (tertiary/aromatic N) is 4. The van der Waals surface area contributed by atoms with Crippen molar-refractivity contribution in [3.63, 3.8) is 0 Å². The first-order chi connectivity index (χ1) is 15.7. The first kappa shape index (κ1) is 21.8. The van der Waals surface area contributed by atoms with Crippen LogP contribution in [-0.2, 0) is 4.79 Å². The Kier molecular flexibility index (Phi) is 7.33. The molecule has 2 aromatic carbocycles. The van der Waals surface area contributed by atoms with E-state index in [0.717, 1.165) is 49.6 Å². The van der Waals surface area contributed by atoms with Gasteiger partial charge in [-0.15, -0.1) is 0 Å². The highest BCUT2D eigenvalue weighted by atomic mass is 16.1. The second-order valence-corrected chi connectivity index (χ2v) is 8.29. The Balaban J connectivity index is 1.28. The Morgan fingerprint density at radius 1 is 1.09 bits per heavy atom. The van der Waals surface area contributed by atoms with Crippen LogP contribution in [0.1, 0.15) is 19.3 Å². The predicted octanol–water partition coefficient (Wildman–Crippen LogP) is 4.00. The van der Waals surface area contributed by atoms with Crippen molar-refractivity contribution in [3.8, 4) is 11.4 Å². The van der Waals surface area contributed by atoms with Crippen LogP contribution in [0.4, 0.5) is 11.5 Å². The normalized spacial score (nSPS) is 15.9. The largest absolute Gasteiger partial charge is 0.375 e. The van der Waals surface area contributed by atoms with E-state index in [4.69, 9.17) is 4.98 Å². The molecule has 6 heteroatoms. The number of amides is 1. The molecule has 0 aliphatic carbocycles. The lowest BCUT2D eigenvalue weighted by atomic mass is 9.97. The van der Waals surface area contributed by atoms with Crippen LogP contribution in [-0.4, -0.2) is 49.1 Å². The topological polar surface area (TPSA) is 61.4 Å². The molecule has 166 valence electrons. The summed E-state index contributed by atoms with van der Waals surface area (Å²) in [6.45, 7) is 3.21. The Labute approximate surface area is 190 Å². The standard InChI is InChI=1S/C26H31N5O/c1-30(23-13-6-3-7-14-23)18-9-16-28-26(32)22-12-8-19-31(20-22)24-15-17-27-25(29-24)21-10-4-2-5-11-21/h2-7,10-11,13-15,17,22H,8-9,12,16,18-20H2,1H3,(H,28,32)/t22-/m0/s1. The van der Waals surface area contributed by atoms with Gasteiger partial charge >= 0.3 is 0 Å². The Bertz CT molecular complexity index is 995. The fourth-order valence-corrected chi connectivity index (χ4v) is 4.13. The van der Waals surface area contributed by atoms with Crippen molar-refractivity contribution in [3.05, 3.63) is 72.9 Å². The maximum Gasteiger partial charge on any atom is 0.224 e. The molecule has 3 aromatic rings. The number of nitrogens with one attached hydrogen (secondary N) is 1. The van der Waals surface area contributed by atoms with Crippen molar-refractivity contribution < 1.29 is 4.79 Å². The van der Waals surface area contributed by atoms with Gasteiger partial charge in [-0.05, 0) is 37.5 Å². The lowest BCUT2D eigenvalue weighted by Crippen LogP contribution is -2.43. The highest BCUT2D eigenvalue weighted by Crippen LogP contribution is 2.24. The fraction of sp³-hybridized carbons (Fsp3) is 0.346. The van der Waals surface area contributed by atoms with E-state index >= 15 is 0 Å². The number of anilines is 2. The second kappa shape index (κ2) is 10.8. The third kappa shape index (κ3) is 5.63. The van der Waals surface area contributed by atoms with E-state index in [1.165, 1.54) is 5.69 Å². The highest BCUT2D eigenvalue weighted by molar-refractivity contribution is 5.79. The van der Waals surface area contributed by atoms with E-state index in [1.807, 2.05) is 54.6 Å². The van der Waals surface area contributed by atoms with Crippen molar-refractivity contribution in [2.24, 2.45) is 5.92 Å². The van der Waals surface area contributed by atoms with Crippen LogP contribution >= 0.6 is 0 Å². The van der Waals surface area contributed by atoms with Gasteiger partial charge in [0, 0.05) is 50.7 Å². The van der Waals surface area contributed by atoms with E-state index in [0.29, 0.717) is 13.1 Å². The first-order valence-corrected chi connectivity index (χ1v) is 11.4. The van der Waals surface area contributed by atoms with E-state index < -0.39 is 0 Å². The molecule has 0 radical (unpaired) electrons. The molecule has 1 N–H and O–H groups in total. The minimum atomic E-state index is -0.00857. The number of benzene rings is 2. The van der Waals surface area contributed by atoms with Crippen LogP contribution in [0.5, 0.6) is 0 Å². The van der Waals surface area contributed by atoms with Crippen LogP contribution < -0.4 is 15.1 Å². The monoisotopic (exact) mass is 429 g/mol. The van der Waals surface area contributed by atoms with Gasteiger partial charge in [-0.2, -0.15) is 0 Å². The summed E-state index contributed by atoms with van der Waals surface area (Å²) >= 11 is 0. The minimum absolute atomic E-state index is 0.00857. The summed E-state index contributed by atoms with van der Waals surface area (Å²) in [5, 5.41) is 3.14. The van der Waals surface area contributed by atoms with Gasteiger partial charge in [-0.1, -0.05) is 48.5 Å². The lowest BCUT2D eigenvalue weighted by molar-refractivity contribution is -0.125. The molecule has 6 nitrogen and oxygen atoms in total. The molecule has 0 spiro atoms. The Hall–Kier alpha value is -3.41. The molecule has 1 fully saturated rings. The summed E-state index contributed by atoms with van der Waals surface area (Å²) in [6.07, 6.45) is 4.62. The van der Waals surface area contributed by atoms with Gasteiger partial charge in [-0.3, -0.25) is 4.79 Å². The smallest absolute Gasteiger partial charge is 0.224 e. The van der Waals surface area contributed by atoms with Gasteiger partial charge in [0.2, 0.25) is 5.91 Å². The van der Waals surface area contributed by atoms with Crippen LogP contribution in [0, 0.1) is 5.92 Å². The number of carbonyl (C=O) groups excluding carboxylic acids is 1. The van der Waals surface area contributed by atoms with E-state index in [-0.39, 0.29) is 11.8 Å².